The molecule has 0 aromatic rings. The molecule has 1 unspecified atom stereocenters. The fraction of sp³-hybridized carbons (Fsp3) is 1.00. The molecule has 4 nitrogen and oxygen atoms in total. The lowest BCUT2D eigenvalue weighted by molar-refractivity contribution is -0.199. The summed E-state index contributed by atoms with van der Waals surface area (Å²) >= 11 is 0. The van der Waals surface area contributed by atoms with Crippen LogP contribution >= 0.6 is 0 Å². The first kappa shape index (κ1) is 19.8. The number of aliphatic hydroxyl groups is 3. The summed E-state index contributed by atoms with van der Waals surface area (Å²) in [4.78, 5) is 0. The summed E-state index contributed by atoms with van der Waals surface area (Å²) < 4.78 is 5.86. The van der Waals surface area contributed by atoms with E-state index in [1.54, 1.807) is 0 Å². The normalized spacial score (nSPS) is 14.6. The Balaban J connectivity index is 4.42. The number of hydrogen-bond acceptors (Lipinski definition) is 4. The van der Waals surface area contributed by atoms with Crippen LogP contribution in [0.4, 0.5) is 0 Å². The van der Waals surface area contributed by atoms with E-state index in [0.717, 1.165) is 19.3 Å². The Morgan fingerprint density at radius 1 is 0.950 bits per heavy atom. The van der Waals surface area contributed by atoms with Gasteiger partial charge in [-0.25, -0.2) is 0 Å². The lowest BCUT2D eigenvalue weighted by atomic mass is 9.90. The third-order valence-electron chi connectivity index (χ3n) is 4.64. The second-order valence-electron chi connectivity index (χ2n) is 5.76. The summed E-state index contributed by atoms with van der Waals surface area (Å²) in [6.07, 6.45) is 4.57. The third kappa shape index (κ3) is 6.53. The van der Waals surface area contributed by atoms with Crippen molar-refractivity contribution in [3.8, 4) is 0 Å². The van der Waals surface area contributed by atoms with Crippen LogP contribution in [0.25, 0.3) is 0 Å². The van der Waals surface area contributed by atoms with Crippen LogP contribution in [0, 0.1) is 0 Å². The highest BCUT2D eigenvalue weighted by molar-refractivity contribution is 4.80. The molecule has 0 spiro atoms. The van der Waals surface area contributed by atoms with Gasteiger partial charge in [-0.2, -0.15) is 0 Å². The maximum Gasteiger partial charge on any atom is 0.155 e. The van der Waals surface area contributed by atoms with Gasteiger partial charge in [0.25, 0.3) is 0 Å². The van der Waals surface area contributed by atoms with Gasteiger partial charge in [0.15, 0.2) is 6.29 Å². The van der Waals surface area contributed by atoms with Crippen molar-refractivity contribution in [1.82, 2.24) is 0 Å². The molecular formula is C16H34O4. The second kappa shape index (κ2) is 9.72. The molecule has 0 aliphatic heterocycles. The van der Waals surface area contributed by atoms with Crippen molar-refractivity contribution in [2.45, 2.75) is 96.6 Å². The maximum atomic E-state index is 10.2. The quantitative estimate of drug-likeness (QED) is 0.483. The van der Waals surface area contributed by atoms with Crippen molar-refractivity contribution >= 4 is 0 Å². The number of hydrogen-bond donors (Lipinski definition) is 3. The molecule has 0 aromatic carbocycles. The molecule has 0 aliphatic carbocycles. The van der Waals surface area contributed by atoms with E-state index in [9.17, 15) is 10.2 Å². The van der Waals surface area contributed by atoms with Crippen LogP contribution in [0.3, 0.4) is 0 Å². The van der Waals surface area contributed by atoms with Crippen LogP contribution in [0.15, 0.2) is 0 Å². The van der Waals surface area contributed by atoms with Crippen molar-refractivity contribution in [3.05, 3.63) is 0 Å². The molecule has 0 saturated heterocycles. The lowest BCUT2D eigenvalue weighted by Gasteiger charge is -2.35. The molecule has 20 heavy (non-hydrogen) atoms. The van der Waals surface area contributed by atoms with Crippen molar-refractivity contribution in [2.24, 2.45) is 0 Å². The Labute approximate surface area is 124 Å². The van der Waals surface area contributed by atoms with Gasteiger partial charge in [0, 0.05) is 13.0 Å². The van der Waals surface area contributed by atoms with Gasteiger partial charge in [0.2, 0.25) is 0 Å². The highest BCUT2D eigenvalue weighted by Gasteiger charge is 2.31. The average Bonchev–Trinajstić information content (AvgIpc) is 2.49. The van der Waals surface area contributed by atoms with Gasteiger partial charge in [-0.1, -0.05) is 27.7 Å². The molecule has 0 fully saturated rings. The van der Waals surface area contributed by atoms with E-state index in [-0.39, 0.29) is 12.2 Å². The molecule has 0 aliphatic rings. The van der Waals surface area contributed by atoms with E-state index < -0.39 is 11.9 Å². The predicted octanol–water partition coefficient (Wildman–Crippen LogP) is 2.98. The van der Waals surface area contributed by atoms with Gasteiger partial charge in [-0.15, -0.1) is 0 Å². The molecular weight excluding hydrogens is 256 g/mol. The zero-order valence-electron chi connectivity index (χ0n) is 13.7. The van der Waals surface area contributed by atoms with Crippen LogP contribution < -0.4 is 0 Å². The third-order valence-corrected chi connectivity index (χ3v) is 4.64. The van der Waals surface area contributed by atoms with E-state index >= 15 is 0 Å². The first-order chi connectivity index (χ1) is 9.40. The van der Waals surface area contributed by atoms with Crippen LogP contribution in [0.5, 0.6) is 0 Å². The van der Waals surface area contributed by atoms with Gasteiger partial charge in [0.05, 0.1) is 11.2 Å². The van der Waals surface area contributed by atoms with E-state index in [2.05, 4.69) is 0 Å². The zero-order chi connectivity index (χ0) is 15.6. The van der Waals surface area contributed by atoms with Crippen LogP contribution in [-0.2, 0) is 4.74 Å². The molecule has 0 saturated carbocycles. The second-order valence-corrected chi connectivity index (χ2v) is 5.76. The number of aliphatic hydroxyl groups excluding tert-OH is 2. The van der Waals surface area contributed by atoms with E-state index in [1.807, 2.05) is 27.7 Å². The molecule has 1 atom stereocenters. The fourth-order valence-electron chi connectivity index (χ4n) is 2.57. The SMILES string of the molecule is CCC(O)(CC)CCC(O)OC(CC)(CC)CCCO. The highest BCUT2D eigenvalue weighted by atomic mass is 16.6. The number of rotatable bonds is 12. The Hall–Kier alpha value is -0.160. The first-order valence-electron chi connectivity index (χ1n) is 8.10. The standard InChI is InChI=1S/C16H34O4/c1-5-15(19,6-2)12-10-14(18)20-16(7-3,8-4)11-9-13-17/h14,17-19H,5-13H2,1-4H3. The highest BCUT2D eigenvalue weighted by Crippen LogP contribution is 2.30. The molecule has 0 radical (unpaired) electrons. The predicted molar refractivity (Wildman–Crippen MR) is 81.5 cm³/mol. The first-order valence-corrected chi connectivity index (χ1v) is 8.10. The molecule has 0 bridgehead atoms. The Morgan fingerprint density at radius 3 is 1.90 bits per heavy atom. The zero-order valence-corrected chi connectivity index (χ0v) is 13.7. The summed E-state index contributed by atoms with van der Waals surface area (Å²) in [7, 11) is 0. The van der Waals surface area contributed by atoms with E-state index in [1.165, 1.54) is 0 Å². The summed E-state index contributed by atoms with van der Waals surface area (Å²) in [6, 6.07) is 0. The summed E-state index contributed by atoms with van der Waals surface area (Å²) in [5, 5.41) is 29.3. The van der Waals surface area contributed by atoms with Crippen LogP contribution in [-0.4, -0.2) is 39.4 Å². The monoisotopic (exact) mass is 290 g/mol. The van der Waals surface area contributed by atoms with E-state index in [4.69, 9.17) is 9.84 Å². The van der Waals surface area contributed by atoms with Crippen molar-refractivity contribution in [3.63, 3.8) is 0 Å². The maximum absolute atomic E-state index is 10.2. The van der Waals surface area contributed by atoms with E-state index in [0.29, 0.717) is 32.1 Å². The molecule has 0 heterocycles. The van der Waals surface area contributed by atoms with Gasteiger partial charge in [0.1, 0.15) is 0 Å². The van der Waals surface area contributed by atoms with Crippen LogP contribution in [0.1, 0.15) is 79.1 Å². The van der Waals surface area contributed by atoms with Gasteiger partial charge in [-0.3, -0.25) is 0 Å². The number of ether oxygens (including phenoxy) is 1. The van der Waals surface area contributed by atoms with Crippen molar-refractivity contribution < 1.29 is 20.1 Å². The smallest absolute Gasteiger partial charge is 0.155 e. The Bertz CT molecular complexity index is 235. The molecule has 122 valence electrons. The molecule has 0 amide bonds. The summed E-state index contributed by atoms with van der Waals surface area (Å²) in [5.41, 5.74) is -1.06. The minimum absolute atomic E-state index is 0.145. The van der Waals surface area contributed by atoms with Crippen molar-refractivity contribution in [2.75, 3.05) is 6.61 Å². The molecule has 0 rings (SSSR count). The lowest BCUT2D eigenvalue weighted by Crippen LogP contribution is -2.37. The van der Waals surface area contributed by atoms with Crippen LogP contribution in [0.2, 0.25) is 0 Å². The van der Waals surface area contributed by atoms with Crippen molar-refractivity contribution in [1.29, 1.82) is 0 Å². The van der Waals surface area contributed by atoms with Gasteiger partial charge in [-0.05, 0) is 44.9 Å². The average molecular weight is 290 g/mol. The molecule has 0 aromatic heterocycles. The minimum atomic E-state index is -0.849. The van der Waals surface area contributed by atoms with Gasteiger partial charge < -0.3 is 20.1 Å². The summed E-state index contributed by atoms with van der Waals surface area (Å²) in [6.45, 7) is 8.15. The Kier molecular flexibility index (Phi) is 9.64. The Morgan fingerprint density at radius 2 is 1.50 bits per heavy atom. The fourth-order valence-corrected chi connectivity index (χ4v) is 2.57. The molecule has 4 heteroatoms. The molecule has 3 N–H and O–H groups in total. The topological polar surface area (TPSA) is 69.9 Å². The van der Waals surface area contributed by atoms with Gasteiger partial charge >= 0.3 is 0 Å². The minimum Gasteiger partial charge on any atom is -0.396 e. The largest absolute Gasteiger partial charge is 0.396 e. The summed E-state index contributed by atoms with van der Waals surface area (Å²) in [5.74, 6) is 0.